The monoisotopic (exact) mass is 449 g/mol. The summed E-state index contributed by atoms with van der Waals surface area (Å²) in [5.41, 5.74) is 2.44. The summed E-state index contributed by atoms with van der Waals surface area (Å²) in [6.45, 7) is 3.27. The van der Waals surface area contributed by atoms with Crippen molar-refractivity contribution < 1.29 is 22.6 Å². The third-order valence-electron chi connectivity index (χ3n) is 5.32. The predicted octanol–water partition coefficient (Wildman–Crippen LogP) is 4.31. The molecule has 0 unspecified atom stereocenters. The molecule has 2 aromatic rings. The topological polar surface area (TPSA) is 54.9 Å². The highest BCUT2D eigenvalue weighted by molar-refractivity contribution is 5.79. The SMILES string of the molecule is CN=C(NCCc1ccc(C(F)(F)F)cc1)NCc1cccc(COC2CCOCC2)c1. The normalized spacial score (nSPS) is 15.6. The molecule has 8 heteroatoms. The van der Waals surface area contributed by atoms with Crippen molar-refractivity contribution in [1.29, 1.82) is 0 Å². The average Bonchev–Trinajstić information content (AvgIpc) is 2.80. The van der Waals surface area contributed by atoms with E-state index < -0.39 is 11.7 Å². The van der Waals surface area contributed by atoms with Crippen LogP contribution >= 0.6 is 0 Å². The second-order valence-corrected chi connectivity index (χ2v) is 7.74. The number of hydrogen-bond donors (Lipinski definition) is 2. The summed E-state index contributed by atoms with van der Waals surface area (Å²) in [6.07, 6.45) is -1.57. The first-order chi connectivity index (χ1) is 15.4. The number of hydrogen-bond acceptors (Lipinski definition) is 3. The first-order valence-corrected chi connectivity index (χ1v) is 10.8. The lowest BCUT2D eigenvalue weighted by Crippen LogP contribution is -2.37. The molecule has 0 saturated carbocycles. The summed E-state index contributed by atoms with van der Waals surface area (Å²) in [5.74, 6) is 0.640. The molecule has 0 spiro atoms. The lowest BCUT2D eigenvalue weighted by atomic mass is 10.1. The molecule has 0 amide bonds. The minimum absolute atomic E-state index is 0.262. The number of nitrogens with zero attached hydrogens (tertiary/aromatic N) is 1. The zero-order valence-corrected chi connectivity index (χ0v) is 18.3. The van der Waals surface area contributed by atoms with E-state index in [4.69, 9.17) is 9.47 Å². The Labute approximate surface area is 187 Å². The van der Waals surface area contributed by atoms with Gasteiger partial charge in [0.15, 0.2) is 5.96 Å². The van der Waals surface area contributed by atoms with Gasteiger partial charge in [-0.05, 0) is 48.1 Å². The summed E-state index contributed by atoms with van der Waals surface area (Å²) >= 11 is 0. The van der Waals surface area contributed by atoms with Crippen molar-refractivity contribution in [2.24, 2.45) is 4.99 Å². The van der Waals surface area contributed by atoms with Crippen molar-refractivity contribution in [3.05, 3.63) is 70.8 Å². The van der Waals surface area contributed by atoms with E-state index in [1.165, 1.54) is 12.1 Å². The van der Waals surface area contributed by atoms with Gasteiger partial charge in [-0.1, -0.05) is 36.4 Å². The van der Waals surface area contributed by atoms with Crippen LogP contribution in [0.5, 0.6) is 0 Å². The predicted molar refractivity (Wildman–Crippen MR) is 118 cm³/mol. The average molecular weight is 450 g/mol. The number of benzene rings is 2. The molecule has 0 bridgehead atoms. The number of rotatable bonds is 8. The van der Waals surface area contributed by atoms with Crippen LogP contribution in [0.1, 0.15) is 35.1 Å². The van der Waals surface area contributed by atoms with Gasteiger partial charge >= 0.3 is 6.18 Å². The van der Waals surface area contributed by atoms with Crippen molar-refractivity contribution in [2.45, 2.75) is 44.7 Å². The molecule has 2 aromatic carbocycles. The number of alkyl halides is 3. The van der Waals surface area contributed by atoms with E-state index in [-0.39, 0.29) is 6.10 Å². The van der Waals surface area contributed by atoms with Gasteiger partial charge in [-0.3, -0.25) is 4.99 Å². The van der Waals surface area contributed by atoms with Crippen LogP contribution in [0.2, 0.25) is 0 Å². The van der Waals surface area contributed by atoms with E-state index in [1.807, 2.05) is 12.1 Å². The van der Waals surface area contributed by atoms with E-state index in [1.54, 1.807) is 7.05 Å². The minimum Gasteiger partial charge on any atom is -0.381 e. The lowest BCUT2D eigenvalue weighted by molar-refractivity contribution is -0.137. The smallest absolute Gasteiger partial charge is 0.381 e. The molecule has 0 radical (unpaired) electrons. The highest BCUT2D eigenvalue weighted by Gasteiger charge is 2.29. The molecule has 2 N–H and O–H groups in total. The van der Waals surface area contributed by atoms with Gasteiger partial charge in [0.2, 0.25) is 0 Å². The quantitative estimate of drug-likeness (QED) is 0.466. The Balaban J connectivity index is 1.41. The number of aliphatic imine (C=N–C) groups is 1. The number of halogens is 3. The van der Waals surface area contributed by atoms with Crippen LogP contribution in [0, 0.1) is 0 Å². The van der Waals surface area contributed by atoms with E-state index in [9.17, 15) is 13.2 Å². The van der Waals surface area contributed by atoms with Crippen LogP contribution in [-0.2, 0) is 35.2 Å². The number of guanidine groups is 1. The van der Waals surface area contributed by atoms with Crippen LogP contribution in [0.15, 0.2) is 53.5 Å². The maximum Gasteiger partial charge on any atom is 0.416 e. The second kappa shape index (κ2) is 11.9. The van der Waals surface area contributed by atoms with E-state index in [2.05, 4.69) is 27.8 Å². The van der Waals surface area contributed by atoms with Gasteiger partial charge in [-0.2, -0.15) is 13.2 Å². The Morgan fingerprint density at radius 2 is 1.75 bits per heavy atom. The minimum atomic E-state index is -4.31. The molecule has 3 rings (SSSR count). The Bertz CT molecular complexity index is 864. The van der Waals surface area contributed by atoms with Gasteiger partial charge in [0.05, 0.1) is 18.3 Å². The molecule has 0 atom stereocenters. The molecule has 0 aromatic heterocycles. The van der Waals surface area contributed by atoms with Crippen LogP contribution in [0.4, 0.5) is 13.2 Å². The fourth-order valence-corrected chi connectivity index (χ4v) is 3.48. The Morgan fingerprint density at radius 1 is 1.03 bits per heavy atom. The summed E-state index contributed by atoms with van der Waals surface area (Å²) in [5, 5.41) is 6.46. The molecule has 1 fully saturated rings. The zero-order chi connectivity index (χ0) is 22.8. The van der Waals surface area contributed by atoms with Crippen molar-refractivity contribution >= 4 is 5.96 Å². The lowest BCUT2D eigenvalue weighted by Gasteiger charge is -2.22. The molecule has 5 nitrogen and oxygen atoms in total. The van der Waals surface area contributed by atoms with Crippen LogP contribution in [0.25, 0.3) is 0 Å². The highest BCUT2D eigenvalue weighted by Crippen LogP contribution is 2.29. The van der Waals surface area contributed by atoms with E-state index in [0.29, 0.717) is 32.1 Å². The van der Waals surface area contributed by atoms with Crippen LogP contribution in [-0.4, -0.2) is 38.9 Å². The third-order valence-corrected chi connectivity index (χ3v) is 5.32. The second-order valence-electron chi connectivity index (χ2n) is 7.74. The summed E-state index contributed by atoms with van der Waals surface area (Å²) in [4.78, 5) is 4.21. The molecular formula is C24H30F3N3O2. The van der Waals surface area contributed by atoms with Crippen molar-refractivity contribution in [1.82, 2.24) is 10.6 Å². The zero-order valence-electron chi connectivity index (χ0n) is 18.3. The fraction of sp³-hybridized carbons (Fsp3) is 0.458. The fourth-order valence-electron chi connectivity index (χ4n) is 3.48. The van der Waals surface area contributed by atoms with Crippen molar-refractivity contribution in [2.75, 3.05) is 26.8 Å². The van der Waals surface area contributed by atoms with Crippen LogP contribution < -0.4 is 10.6 Å². The largest absolute Gasteiger partial charge is 0.416 e. The Hall–Kier alpha value is -2.58. The molecular weight excluding hydrogens is 419 g/mol. The number of ether oxygens (including phenoxy) is 2. The highest BCUT2D eigenvalue weighted by atomic mass is 19.4. The molecule has 174 valence electrons. The van der Waals surface area contributed by atoms with E-state index >= 15 is 0 Å². The molecule has 32 heavy (non-hydrogen) atoms. The van der Waals surface area contributed by atoms with Gasteiger partial charge < -0.3 is 20.1 Å². The molecule has 1 aliphatic heterocycles. The first-order valence-electron chi connectivity index (χ1n) is 10.8. The van der Waals surface area contributed by atoms with Gasteiger partial charge in [-0.15, -0.1) is 0 Å². The molecule has 0 aliphatic carbocycles. The van der Waals surface area contributed by atoms with Crippen LogP contribution in [0.3, 0.4) is 0 Å². The Morgan fingerprint density at radius 3 is 2.44 bits per heavy atom. The first kappa shape index (κ1) is 24.1. The maximum atomic E-state index is 12.7. The Kier molecular flexibility index (Phi) is 8.93. The van der Waals surface area contributed by atoms with Gasteiger partial charge in [0.25, 0.3) is 0 Å². The van der Waals surface area contributed by atoms with Gasteiger partial charge in [-0.25, -0.2) is 0 Å². The van der Waals surface area contributed by atoms with Crippen molar-refractivity contribution in [3.8, 4) is 0 Å². The summed E-state index contributed by atoms with van der Waals surface area (Å²) < 4.78 is 49.3. The maximum absolute atomic E-state index is 12.7. The third kappa shape index (κ3) is 7.84. The van der Waals surface area contributed by atoms with Gasteiger partial charge in [0, 0.05) is 33.4 Å². The van der Waals surface area contributed by atoms with Crippen molar-refractivity contribution in [3.63, 3.8) is 0 Å². The molecule has 1 saturated heterocycles. The van der Waals surface area contributed by atoms with E-state index in [0.717, 1.165) is 54.9 Å². The number of nitrogens with one attached hydrogen (secondary N) is 2. The molecule has 1 heterocycles. The summed E-state index contributed by atoms with van der Waals surface area (Å²) in [7, 11) is 1.69. The summed E-state index contributed by atoms with van der Waals surface area (Å²) in [6, 6.07) is 13.5. The standard InChI is InChI=1S/C24H30F3N3O2/c1-28-23(29-12-9-18-5-7-21(8-6-18)24(25,26)27)30-16-19-3-2-4-20(15-19)17-32-22-10-13-31-14-11-22/h2-8,15,22H,9-14,16-17H2,1H3,(H2,28,29,30). The van der Waals surface area contributed by atoms with Gasteiger partial charge in [0.1, 0.15) is 0 Å². The molecule has 1 aliphatic rings.